The molecular formula is C13H17BrN2O2S. The molecule has 0 heterocycles. The topological polar surface area (TPSA) is 64.3 Å². The van der Waals surface area contributed by atoms with Gasteiger partial charge in [-0.05, 0) is 31.5 Å². The molecule has 0 aliphatic carbocycles. The Labute approximate surface area is 126 Å². The Balaban J connectivity index is 3.05. The normalized spacial score (nSPS) is 13.5. The van der Waals surface area contributed by atoms with Crippen LogP contribution in [0.1, 0.15) is 20.3 Å². The van der Waals surface area contributed by atoms with Crippen molar-refractivity contribution in [1.29, 1.82) is 0 Å². The molecule has 0 fully saturated rings. The first-order valence-electron chi connectivity index (χ1n) is 5.80. The van der Waals surface area contributed by atoms with Gasteiger partial charge in [0.25, 0.3) is 0 Å². The van der Waals surface area contributed by atoms with Gasteiger partial charge in [0, 0.05) is 4.47 Å². The third-order valence-electron chi connectivity index (χ3n) is 3.16. The average Bonchev–Trinajstić information content (AvgIpc) is 2.37. The quantitative estimate of drug-likeness (QED) is 0.805. The van der Waals surface area contributed by atoms with E-state index in [9.17, 15) is 4.79 Å². The van der Waals surface area contributed by atoms with E-state index in [2.05, 4.69) is 21.2 Å². The predicted molar refractivity (Wildman–Crippen MR) is 84.5 cm³/mol. The summed E-state index contributed by atoms with van der Waals surface area (Å²) in [5.74, 6) is 0.344. The summed E-state index contributed by atoms with van der Waals surface area (Å²) in [5, 5.41) is 2.81. The molecule has 19 heavy (non-hydrogen) atoms. The maximum atomic E-state index is 12.3. The lowest BCUT2D eigenvalue weighted by molar-refractivity contribution is -0.121. The summed E-state index contributed by atoms with van der Waals surface area (Å²) in [4.78, 5) is 12.5. The molecule has 6 heteroatoms. The Morgan fingerprint density at radius 2 is 2.21 bits per heavy atom. The van der Waals surface area contributed by atoms with Gasteiger partial charge in [0.05, 0.1) is 23.2 Å². The van der Waals surface area contributed by atoms with Crippen molar-refractivity contribution in [3.63, 3.8) is 0 Å². The Morgan fingerprint density at radius 3 is 2.68 bits per heavy atom. The molecule has 1 rings (SSSR count). The van der Waals surface area contributed by atoms with Crippen LogP contribution in [0.3, 0.4) is 0 Å². The van der Waals surface area contributed by atoms with Gasteiger partial charge >= 0.3 is 0 Å². The van der Waals surface area contributed by atoms with Crippen LogP contribution in [0.5, 0.6) is 5.75 Å². The van der Waals surface area contributed by atoms with Crippen molar-refractivity contribution in [2.24, 2.45) is 11.1 Å². The van der Waals surface area contributed by atoms with Gasteiger partial charge in [0.2, 0.25) is 5.91 Å². The summed E-state index contributed by atoms with van der Waals surface area (Å²) in [5.41, 5.74) is 5.38. The van der Waals surface area contributed by atoms with Crippen LogP contribution in [0.4, 0.5) is 5.69 Å². The van der Waals surface area contributed by atoms with Crippen molar-refractivity contribution in [1.82, 2.24) is 0 Å². The summed E-state index contributed by atoms with van der Waals surface area (Å²) in [6.45, 7) is 3.60. The first-order chi connectivity index (χ1) is 8.85. The van der Waals surface area contributed by atoms with E-state index < -0.39 is 5.41 Å². The fourth-order valence-electron chi connectivity index (χ4n) is 1.48. The molecule has 0 aromatic heterocycles. The highest BCUT2D eigenvalue weighted by Crippen LogP contribution is 2.31. The lowest BCUT2D eigenvalue weighted by Gasteiger charge is -2.26. The number of hydrogen-bond donors (Lipinski definition) is 2. The molecule has 1 atom stereocenters. The second-order valence-corrected chi connectivity index (χ2v) is 5.70. The number of nitrogens with two attached hydrogens (primary N) is 1. The van der Waals surface area contributed by atoms with Gasteiger partial charge in [-0.3, -0.25) is 4.79 Å². The molecule has 0 aliphatic rings. The molecule has 0 spiro atoms. The predicted octanol–water partition coefficient (Wildman–Crippen LogP) is 3.10. The SMILES string of the molecule is CCC(C)(C(=O)Nc1cc(Br)ccc1OC)C(N)=S. The van der Waals surface area contributed by atoms with E-state index in [-0.39, 0.29) is 10.9 Å². The number of thiocarbonyl (C=S) groups is 1. The molecule has 0 aliphatic heterocycles. The summed E-state index contributed by atoms with van der Waals surface area (Å²) in [6, 6.07) is 5.37. The number of carbonyl (C=O) groups excluding carboxylic acids is 1. The van der Waals surface area contributed by atoms with E-state index in [1.807, 2.05) is 13.0 Å². The van der Waals surface area contributed by atoms with E-state index in [4.69, 9.17) is 22.7 Å². The molecule has 0 saturated carbocycles. The van der Waals surface area contributed by atoms with Gasteiger partial charge in [-0.1, -0.05) is 35.1 Å². The van der Waals surface area contributed by atoms with Gasteiger partial charge in [-0.15, -0.1) is 0 Å². The number of anilines is 1. The minimum atomic E-state index is -0.872. The minimum Gasteiger partial charge on any atom is -0.495 e. The highest BCUT2D eigenvalue weighted by atomic mass is 79.9. The van der Waals surface area contributed by atoms with E-state index in [0.29, 0.717) is 17.9 Å². The second kappa shape index (κ2) is 6.34. The van der Waals surface area contributed by atoms with E-state index in [0.717, 1.165) is 4.47 Å². The Bertz CT molecular complexity index is 507. The van der Waals surface area contributed by atoms with Gasteiger partial charge in [0.15, 0.2) is 0 Å². The zero-order chi connectivity index (χ0) is 14.6. The van der Waals surface area contributed by atoms with Crippen LogP contribution in [0, 0.1) is 5.41 Å². The maximum absolute atomic E-state index is 12.3. The molecule has 1 amide bonds. The van der Waals surface area contributed by atoms with Crippen LogP contribution in [0.25, 0.3) is 0 Å². The largest absolute Gasteiger partial charge is 0.495 e. The van der Waals surface area contributed by atoms with Crippen LogP contribution in [0.15, 0.2) is 22.7 Å². The maximum Gasteiger partial charge on any atom is 0.237 e. The molecule has 104 valence electrons. The third kappa shape index (κ3) is 3.45. The number of benzene rings is 1. The number of halogens is 1. The average molecular weight is 345 g/mol. The summed E-state index contributed by atoms with van der Waals surface area (Å²) in [6.07, 6.45) is 0.532. The number of carbonyl (C=O) groups is 1. The Morgan fingerprint density at radius 1 is 1.58 bits per heavy atom. The standard InChI is InChI=1S/C13H17BrN2O2S/c1-4-13(2,11(15)19)12(17)16-9-7-8(14)5-6-10(9)18-3/h5-7H,4H2,1-3H3,(H2,15,19)(H,16,17). The molecule has 0 radical (unpaired) electrons. The number of ether oxygens (including phenoxy) is 1. The molecule has 0 saturated heterocycles. The van der Waals surface area contributed by atoms with Crippen LogP contribution in [-0.2, 0) is 4.79 Å². The van der Waals surface area contributed by atoms with E-state index in [1.165, 1.54) is 0 Å². The van der Waals surface area contributed by atoms with Crippen molar-refractivity contribution in [3.8, 4) is 5.75 Å². The first-order valence-corrected chi connectivity index (χ1v) is 7.00. The number of hydrogen-bond acceptors (Lipinski definition) is 3. The van der Waals surface area contributed by atoms with Gasteiger partial charge in [-0.2, -0.15) is 0 Å². The molecule has 1 aromatic carbocycles. The molecular weight excluding hydrogens is 328 g/mol. The number of rotatable bonds is 5. The monoisotopic (exact) mass is 344 g/mol. The van der Waals surface area contributed by atoms with Gasteiger partial charge < -0.3 is 15.8 Å². The number of amides is 1. The first kappa shape index (κ1) is 15.9. The van der Waals surface area contributed by atoms with Gasteiger partial charge in [-0.25, -0.2) is 0 Å². The van der Waals surface area contributed by atoms with Crippen LogP contribution < -0.4 is 15.8 Å². The van der Waals surface area contributed by atoms with Crippen molar-refractivity contribution >= 4 is 44.7 Å². The third-order valence-corrected chi connectivity index (χ3v) is 4.11. The van der Waals surface area contributed by atoms with E-state index >= 15 is 0 Å². The lowest BCUT2D eigenvalue weighted by Crippen LogP contribution is -2.43. The zero-order valence-electron chi connectivity index (χ0n) is 11.1. The van der Waals surface area contributed by atoms with Crippen molar-refractivity contribution < 1.29 is 9.53 Å². The number of nitrogens with one attached hydrogen (secondary N) is 1. The van der Waals surface area contributed by atoms with Crippen LogP contribution in [-0.4, -0.2) is 18.0 Å². The Hall–Kier alpha value is -1.14. The smallest absolute Gasteiger partial charge is 0.237 e. The van der Waals surface area contributed by atoms with Gasteiger partial charge in [0.1, 0.15) is 5.75 Å². The highest BCUT2D eigenvalue weighted by molar-refractivity contribution is 9.10. The fourth-order valence-corrected chi connectivity index (χ4v) is 2.08. The van der Waals surface area contributed by atoms with Crippen molar-refractivity contribution in [2.75, 3.05) is 12.4 Å². The summed E-state index contributed by atoms with van der Waals surface area (Å²) < 4.78 is 6.05. The number of methoxy groups -OCH3 is 1. The molecule has 1 unspecified atom stereocenters. The van der Waals surface area contributed by atoms with Crippen molar-refractivity contribution in [2.45, 2.75) is 20.3 Å². The van der Waals surface area contributed by atoms with Crippen molar-refractivity contribution in [3.05, 3.63) is 22.7 Å². The fraction of sp³-hybridized carbons (Fsp3) is 0.385. The highest BCUT2D eigenvalue weighted by Gasteiger charge is 2.35. The molecule has 3 N–H and O–H groups in total. The van der Waals surface area contributed by atoms with E-state index in [1.54, 1.807) is 26.2 Å². The second-order valence-electron chi connectivity index (χ2n) is 4.35. The summed E-state index contributed by atoms with van der Waals surface area (Å²) in [7, 11) is 1.55. The minimum absolute atomic E-state index is 0.182. The Kier molecular flexibility index (Phi) is 5.31. The lowest BCUT2D eigenvalue weighted by atomic mass is 9.86. The molecule has 1 aromatic rings. The molecule has 4 nitrogen and oxygen atoms in total. The summed E-state index contributed by atoms with van der Waals surface area (Å²) >= 11 is 8.34. The van der Waals surface area contributed by atoms with Crippen LogP contribution >= 0.6 is 28.1 Å². The zero-order valence-corrected chi connectivity index (χ0v) is 13.5. The van der Waals surface area contributed by atoms with Crippen LogP contribution in [0.2, 0.25) is 0 Å². The molecule has 0 bridgehead atoms.